The van der Waals surface area contributed by atoms with Gasteiger partial charge in [0, 0.05) is 0 Å². The molecule has 0 fully saturated rings. The Hall–Kier alpha value is -1.41. The summed E-state index contributed by atoms with van der Waals surface area (Å²) >= 11 is 0. The maximum absolute atomic E-state index is 11.9. The lowest BCUT2D eigenvalue weighted by Crippen LogP contribution is -2.14. The van der Waals surface area contributed by atoms with Gasteiger partial charge in [-0.2, -0.15) is 8.42 Å². The van der Waals surface area contributed by atoms with Gasteiger partial charge in [-0.15, -0.1) is 0 Å². The Bertz CT molecular complexity index is 523. The highest BCUT2D eigenvalue weighted by atomic mass is 32.2. The van der Waals surface area contributed by atoms with Crippen LogP contribution in [0.1, 0.15) is 5.56 Å². The van der Waals surface area contributed by atoms with Crippen molar-refractivity contribution in [3.8, 4) is 0 Å². The summed E-state index contributed by atoms with van der Waals surface area (Å²) in [5, 5.41) is 0. The van der Waals surface area contributed by atoms with Gasteiger partial charge in [0.15, 0.2) is 0 Å². The zero-order valence-electron chi connectivity index (χ0n) is 12.7. The number of hydrogen-bond acceptors (Lipinski definition) is 6. The molecule has 124 valence electrons. The molecule has 0 atom stereocenters. The first-order valence-corrected chi connectivity index (χ1v) is 8.31. The van der Waals surface area contributed by atoms with Gasteiger partial charge in [0.1, 0.15) is 6.61 Å². The Morgan fingerprint density at radius 3 is 2.09 bits per heavy atom. The van der Waals surface area contributed by atoms with Gasteiger partial charge >= 0.3 is 0 Å². The molecule has 0 aliphatic carbocycles. The summed E-state index contributed by atoms with van der Waals surface area (Å²) in [6.07, 6.45) is 1.35. The number of rotatable bonds is 12. The molecule has 6 nitrogen and oxygen atoms in total. The van der Waals surface area contributed by atoms with Gasteiger partial charge in [-0.05, 0) is 19.1 Å². The smallest absolute Gasteiger partial charge is 0.297 e. The lowest BCUT2D eigenvalue weighted by Gasteiger charge is -2.07. The first-order valence-electron chi connectivity index (χ1n) is 6.90. The van der Waals surface area contributed by atoms with Crippen molar-refractivity contribution in [1.82, 2.24) is 0 Å². The molecule has 0 bridgehead atoms. The van der Waals surface area contributed by atoms with E-state index in [1.54, 1.807) is 12.1 Å². The van der Waals surface area contributed by atoms with E-state index in [9.17, 15) is 8.42 Å². The van der Waals surface area contributed by atoms with E-state index >= 15 is 0 Å². The predicted molar refractivity (Wildman–Crippen MR) is 82.1 cm³/mol. The average molecular weight is 330 g/mol. The first-order chi connectivity index (χ1) is 10.6. The highest BCUT2D eigenvalue weighted by Gasteiger charge is 2.14. The average Bonchev–Trinajstić information content (AvgIpc) is 2.49. The number of ether oxygens (including phenoxy) is 3. The molecule has 0 spiro atoms. The number of aryl methyl sites for hydroxylation is 1. The van der Waals surface area contributed by atoms with E-state index in [-0.39, 0.29) is 18.1 Å². The number of benzene rings is 1. The van der Waals surface area contributed by atoms with Gasteiger partial charge in [-0.3, -0.25) is 4.18 Å². The standard InChI is InChI=1S/C15H22O6S/c1-3-18-8-9-19-10-11-20-12-13-21-22(16,17)15-6-4-14(2)5-7-15/h3-7H,1,8-13H2,2H3. The van der Waals surface area contributed by atoms with E-state index < -0.39 is 10.1 Å². The molecule has 0 aliphatic heterocycles. The minimum absolute atomic E-state index is 0.0320. The molecule has 0 amide bonds. The molecule has 0 N–H and O–H groups in total. The molecule has 22 heavy (non-hydrogen) atoms. The summed E-state index contributed by atoms with van der Waals surface area (Å²) in [6.45, 7) is 7.11. The third-order valence-electron chi connectivity index (χ3n) is 2.61. The van der Waals surface area contributed by atoms with E-state index in [1.807, 2.05) is 6.92 Å². The SMILES string of the molecule is C=COCCOCCOCCOS(=O)(=O)c1ccc(C)cc1. The van der Waals surface area contributed by atoms with Crippen LogP contribution in [0.4, 0.5) is 0 Å². The van der Waals surface area contributed by atoms with Crippen LogP contribution in [-0.2, 0) is 28.5 Å². The van der Waals surface area contributed by atoms with E-state index in [4.69, 9.17) is 18.4 Å². The molecule has 7 heteroatoms. The lowest BCUT2D eigenvalue weighted by molar-refractivity contribution is 0.0233. The number of hydrogen-bond donors (Lipinski definition) is 0. The van der Waals surface area contributed by atoms with Crippen LogP contribution in [0.15, 0.2) is 42.0 Å². The molecule has 0 saturated carbocycles. The second-order valence-corrected chi connectivity index (χ2v) is 5.97. The van der Waals surface area contributed by atoms with E-state index in [0.717, 1.165) is 5.56 Å². The molecule has 0 radical (unpaired) electrons. The molecule has 0 aromatic heterocycles. The highest BCUT2D eigenvalue weighted by molar-refractivity contribution is 7.86. The fourth-order valence-corrected chi connectivity index (χ4v) is 2.38. The van der Waals surface area contributed by atoms with E-state index in [2.05, 4.69) is 6.58 Å². The first kappa shape index (κ1) is 18.6. The molecule has 1 aromatic carbocycles. The van der Waals surface area contributed by atoms with Crippen LogP contribution in [0.5, 0.6) is 0 Å². The quantitative estimate of drug-likeness (QED) is 0.331. The van der Waals surface area contributed by atoms with Crippen LogP contribution in [0.3, 0.4) is 0 Å². The van der Waals surface area contributed by atoms with Crippen LogP contribution in [0.2, 0.25) is 0 Å². The Morgan fingerprint density at radius 2 is 1.50 bits per heavy atom. The highest BCUT2D eigenvalue weighted by Crippen LogP contribution is 2.12. The molecule has 1 aromatic rings. The van der Waals surface area contributed by atoms with Crippen molar-refractivity contribution in [2.24, 2.45) is 0 Å². The monoisotopic (exact) mass is 330 g/mol. The van der Waals surface area contributed by atoms with Gasteiger partial charge in [0.25, 0.3) is 10.1 Å². The van der Waals surface area contributed by atoms with E-state index in [0.29, 0.717) is 26.4 Å². The molecular formula is C15H22O6S. The van der Waals surface area contributed by atoms with Crippen molar-refractivity contribution >= 4 is 10.1 Å². The molecular weight excluding hydrogens is 308 g/mol. The lowest BCUT2D eigenvalue weighted by atomic mass is 10.2. The van der Waals surface area contributed by atoms with Gasteiger partial charge < -0.3 is 14.2 Å². The van der Waals surface area contributed by atoms with Gasteiger partial charge in [0.05, 0.1) is 44.2 Å². The topological polar surface area (TPSA) is 71.1 Å². The van der Waals surface area contributed by atoms with Crippen LogP contribution in [0, 0.1) is 6.92 Å². The molecule has 0 unspecified atom stereocenters. The maximum atomic E-state index is 11.9. The third-order valence-corrected chi connectivity index (χ3v) is 3.94. The summed E-state index contributed by atoms with van der Waals surface area (Å²) in [4.78, 5) is 0.142. The van der Waals surface area contributed by atoms with Crippen molar-refractivity contribution in [3.63, 3.8) is 0 Å². The summed E-state index contributed by atoms with van der Waals surface area (Å²) < 4.78 is 43.9. The Balaban J connectivity index is 2.11. The van der Waals surface area contributed by atoms with Gasteiger partial charge in [-0.1, -0.05) is 24.3 Å². The second kappa shape index (κ2) is 10.3. The van der Waals surface area contributed by atoms with Crippen LogP contribution >= 0.6 is 0 Å². The van der Waals surface area contributed by atoms with E-state index in [1.165, 1.54) is 18.4 Å². The van der Waals surface area contributed by atoms with Crippen molar-refractivity contribution in [2.45, 2.75) is 11.8 Å². The predicted octanol–water partition coefficient (Wildman–Crippen LogP) is 1.89. The van der Waals surface area contributed by atoms with Crippen molar-refractivity contribution in [2.75, 3.05) is 39.6 Å². The summed E-state index contributed by atoms with van der Waals surface area (Å²) in [6, 6.07) is 6.48. The summed E-state index contributed by atoms with van der Waals surface area (Å²) in [5.74, 6) is 0. The molecule has 0 heterocycles. The Labute approximate surface area is 131 Å². The fourth-order valence-electron chi connectivity index (χ4n) is 1.49. The zero-order valence-corrected chi connectivity index (χ0v) is 13.5. The van der Waals surface area contributed by atoms with Gasteiger partial charge in [0.2, 0.25) is 0 Å². The minimum atomic E-state index is -3.72. The largest absolute Gasteiger partial charge is 0.499 e. The fraction of sp³-hybridized carbons (Fsp3) is 0.467. The Kier molecular flexibility index (Phi) is 8.76. The van der Waals surface area contributed by atoms with Crippen LogP contribution in [-0.4, -0.2) is 48.1 Å². The van der Waals surface area contributed by atoms with Gasteiger partial charge in [-0.25, -0.2) is 0 Å². The van der Waals surface area contributed by atoms with Crippen LogP contribution in [0.25, 0.3) is 0 Å². The zero-order chi connectivity index (χ0) is 16.3. The third kappa shape index (κ3) is 7.56. The second-order valence-electron chi connectivity index (χ2n) is 4.35. The van der Waals surface area contributed by atoms with Crippen LogP contribution < -0.4 is 0 Å². The molecule has 0 saturated heterocycles. The Morgan fingerprint density at radius 1 is 0.955 bits per heavy atom. The van der Waals surface area contributed by atoms with Crippen molar-refractivity contribution in [3.05, 3.63) is 42.7 Å². The summed E-state index contributed by atoms with van der Waals surface area (Å²) in [7, 11) is -3.72. The van der Waals surface area contributed by atoms with Crippen molar-refractivity contribution in [1.29, 1.82) is 0 Å². The maximum Gasteiger partial charge on any atom is 0.297 e. The summed E-state index contributed by atoms with van der Waals surface area (Å²) in [5.41, 5.74) is 0.987. The molecule has 0 aliphatic rings. The molecule has 1 rings (SSSR count). The normalized spacial score (nSPS) is 11.3. The van der Waals surface area contributed by atoms with Crippen molar-refractivity contribution < 1.29 is 26.8 Å². The minimum Gasteiger partial charge on any atom is -0.499 e.